The van der Waals surface area contributed by atoms with Crippen LogP contribution < -0.4 is 4.74 Å². The number of nitrogens with zero attached hydrogens (tertiary/aromatic N) is 3. The predicted octanol–water partition coefficient (Wildman–Crippen LogP) is 2.52. The van der Waals surface area contributed by atoms with E-state index in [1.165, 1.54) is 6.20 Å². The van der Waals surface area contributed by atoms with Gasteiger partial charge in [0.15, 0.2) is 5.69 Å². The first-order valence-electron chi connectivity index (χ1n) is 5.80. The van der Waals surface area contributed by atoms with E-state index in [1.807, 2.05) is 18.2 Å². The molecule has 20 heavy (non-hydrogen) atoms. The van der Waals surface area contributed by atoms with Crippen LogP contribution in [0.1, 0.15) is 10.5 Å². The van der Waals surface area contributed by atoms with Gasteiger partial charge in [-0.05, 0) is 18.2 Å². The van der Waals surface area contributed by atoms with E-state index in [0.717, 1.165) is 17.1 Å². The predicted molar refractivity (Wildman–Crippen MR) is 70.8 cm³/mol. The number of fused-ring (bicyclic) bond motifs is 1. The van der Waals surface area contributed by atoms with Crippen molar-refractivity contribution >= 4 is 16.9 Å². The number of hydrogen-bond donors (Lipinski definition) is 1. The molecule has 0 fully saturated rings. The Bertz CT molecular complexity index is 789. The molecule has 0 saturated heterocycles. The van der Waals surface area contributed by atoms with E-state index in [0.29, 0.717) is 5.75 Å². The fraction of sp³-hybridized carbons (Fsp3) is 0. The van der Waals surface area contributed by atoms with Crippen LogP contribution in [0.25, 0.3) is 10.9 Å². The van der Waals surface area contributed by atoms with Gasteiger partial charge in [-0.25, -0.2) is 9.78 Å². The molecule has 0 aliphatic heterocycles. The summed E-state index contributed by atoms with van der Waals surface area (Å²) in [6, 6.07) is 9.18. The molecular formula is C14H9N3O3. The largest absolute Gasteiger partial charge is 0.476 e. The smallest absolute Gasteiger partial charge is 0.356 e. The Morgan fingerprint density at radius 2 is 2.10 bits per heavy atom. The molecule has 98 valence electrons. The molecule has 1 aromatic carbocycles. The average Bonchev–Trinajstić information content (AvgIpc) is 2.47. The van der Waals surface area contributed by atoms with Crippen LogP contribution in [0.5, 0.6) is 11.6 Å². The summed E-state index contributed by atoms with van der Waals surface area (Å²) in [4.78, 5) is 22.7. The lowest BCUT2D eigenvalue weighted by Crippen LogP contribution is -2.02. The molecule has 0 atom stereocenters. The molecule has 2 heterocycles. The number of pyridine rings is 1. The topological polar surface area (TPSA) is 85.2 Å². The van der Waals surface area contributed by atoms with Gasteiger partial charge >= 0.3 is 5.97 Å². The molecule has 0 saturated carbocycles. The van der Waals surface area contributed by atoms with Gasteiger partial charge < -0.3 is 9.84 Å². The molecule has 0 aliphatic carbocycles. The monoisotopic (exact) mass is 267 g/mol. The second-order valence-electron chi connectivity index (χ2n) is 4.01. The van der Waals surface area contributed by atoms with E-state index in [-0.39, 0.29) is 11.6 Å². The summed E-state index contributed by atoms with van der Waals surface area (Å²) in [7, 11) is 0. The van der Waals surface area contributed by atoms with Gasteiger partial charge in [-0.2, -0.15) is 0 Å². The van der Waals surface area contributed by atoms with Crippen molar-refractivity contribution in [1.82, 2.24) is 15.0 Å². The fourth-order valence-electron chi connectivity index (χ4n) is 1.73. The van der Waals surface area contributed by atoms with Crippen molar-refractivity contribution in [3.05, 3.63) is 54.6 Å². The minimum Gasteiger partial charge on any atom is -0.476 e. The molecule has 0 unspecified atom stereocenters. The highest BCUT2D eigenvalue weighted by atomic mass is 16.5. The molecule has 3 aromatic rings. The second kappa shape index (κ2) is 4.93. The first-order chi connectivity index (χ1) is 9.72. The van der Waals surface area contributed by atoms with Crippen molar-refractivity contribution in [3.8, 4) is 11.6 Å². The maximum absolute atomic E-state index is 10.8. The third-order valence-corrected chi connectivity index (χ3v) is 2.63. The number of carboxylic acids is 1. The first-order valence-corrected chi connectivity index (χ1v) is 5.80. The van der Waals surface area contributed by atoms with Crippen molar-refractivity contribution in [2.75, 3.05) is 0 Å². The zero-order chi connectivity index (χ0) is 13.9. The molecule has 0 spiro atoms. The van der Waals surface area contributed by atoms with Crippen LogP contribution in [0.4, 0.5) is 0 Å². The number of carbonyl (C=O) groups is 1. The van der Waals surface area contributed by atoms with Crippen LogP contribution >= 0.6 is 0 Å². The van der Waals surface area contributed by atoms with E-state index < -0.39 is 5.97 Å². The Morgan fingerprint density at radius 3 is 2.95 bits per heavy atom. The van der Waals surface area contributed by atoms with Crippen LogP contribution in [0.2, 0.25) is 0 Å². The van der Waals surface area contributed by atoms with Gasteiger partial charge in [-0.15, -0.1) is 0 Å². The molecule has 6 heteroatoms. The summed E-state index contributed by atoms with van der Waals surface area (Å²) in [6.45, 7) is 0. The molecular weight excluding hydrogens is 258 g/mol. The van der Waals surface area contributed by atoms with Gasteiger partial charge in [-0.3, -0.25) is 9.97 Å². The van der Waals surface area contributed by atoms with E-state index >= 15 is 0 Å². The number of aromatic carboxylic acids is 1. The highest BCUT2D eigenvalue weighted by Crippen LogP contribution is 2.23. The van der Waals surface area contributed by atoms with Crippen LogP contribution in [0.15, 0.2) is 48.9 Å². The minimum atomic E-state index is -1.15. The van der Waals surface area contributed by atoms with Crippen LogP contribution in [-0.4, -0.2) is 26.0 Å². The zero-order valence-electron chi connectivity index (χ0n) is 10.2. The standard InChI is InChI=1S/C14H9N3O3/c18-14(19)12-7-15-8-13(17-12)20-10-4-3-9-2-1-5-16-11(9)6-10/h1-8H,(H,18,19). The van der Waals surface area contributed by atoms with Crippen molar-refractivity contribution in [2.24, 2.45) is 0 Å². The summed E-state index contributed by atoms with van der Waals surface area (Å²) in [6.07, 6.45) is 4.21. The number of hydrogen-bond acceptors (Lipinski definition) is 5. The SMILES string of the molecule is O=C(O)c1cncc(Oc2ccc3cccnc3c2)n1. The molecule has 0 radical (unpaired) electrons. The summed E-state index contributed by atoms with van der Waals surface area (Å²) in [5.74, 6) is -0.503. The Hall–Kier alpha value is -3.02. The van der Waals surface area contributed by atoms with Crippen molar-refractivity contribution < 1.29 is 14.6 Å². The van der Waals surface area contributed by atoms with Crippen LogP contribution in [-0.2, 0) is 0 Å². The van der Waals surface area contributed by atoms with Gasteiger partial charge in [0, 0.05) is 17.6 Å². The number of ether oxygens (including phenoxy) is 1. The molecule has 0 bridgehead atoms. The Balaban J connectivity index is 1.92. The number of benzene rings is 1. The van der Waals surface area contributed by atoms with Gasteiger partial charge in [-0.1, -0.05) is 6.07 Å². The van der Waals surface area contributed by atoms with Crippen LogP contribution in [0, 0.1) is 0 Å². The van der Waals surface area contributed by atoms with Gasteiger partial charge in [0.25, 0.3) is 0 Å². The highest BCUT2D eigenvalue weighted by molar-refractivity contribution is 5.85. The highest BCUT2D eigenvalue weighted by Gasteiger charge is 2.08. The van der Waals surface area contributed by atoms with Gasteiger partial charge in [0.2, 0.25) is 5.88 Å². The van der Waals surface area contributed by atoms with E-state index in [9.17, 15) is 4.79 Å². The lowest BCUT2D eigenvalue weighted by molar-refractivity contribution is 0.0689. The summed E-state index contributed by atoms with van der Waals surface area (Å²) < 4.78 is 5.50. The molecule has 0 amide bonds. The summed E-state index contributed by atoms with van der Waals surface area (Å²) in [5, 5.41) is 9.84. The first kappa shape index (κ1) is 12.0. The zero-order valence-corrected chi connectivity index (χ0v) is 10.2. The number of rotatable bonds is 3. The van der Waals surface area contributed by atoms with Crippen LogP contribution in [0.3, 0.4) is 0 Å². The minimum absolute atomic E-state index is 0.125. The lowest BCUT2D eigenvalue weighted by atomic mass is 10.2. The van der Waals surface area contributed by atoms with E-state index in [2.05, 4.69) is 15.0 Å². The Morgan fingerprint density at radius 1 is 1.20 bits per heavy atom. The van der Waals surface area contributed by atoms with Gasteiger partial charge in [0.05, 0.1) is 17.9 Å². The lowest BCUT2D eigenvalue weighted by Gasteiger charge is -2.05. The third kappa shape index (κ3) is 2.39. The third-order valence-electron chi connectivity index (χ3n) is 2.63. The molecule has 1 N–H and O–H groups in total. The molecule has 3 rings (SSSR count). The van der Waals surface area contributed by atoms with E-state index in [4.69, 9.17) is 9.84 Å². The van der Waals surface area contributed by atoms with Gasteiger partial charge in [0.1, 0.15) is 5.75 Å². The number of aromatic nitrogens is 3. The van der Waals surface area contributed by atoms with Crippen molar-refractivity contribution in [1.29, 1.82) is 0 Å². The summed E-state index contributed by atoms with van der Waals surface area (Å²) in [5.41, 5.74) is 0.619. The quantitative estimate of drug-likeness (QED) is 0.784. The Kier molecular flexibility index (Phi) is 2.96. The fourth-order valence-corrected chi connectivity index (χ4v) is 1.73. The van der Waals surface area contributed by atoms with Crippen molar-refractivity contribution in [2.45, 2.75) is 0 Å². The second-order valence-corrected chi connectivity index (χ2v) is 4.01. The molecule has 6 nitrogen and oxygen atoms in total. The maximum atomic E-state index is 10.8. The Labute approximate surface area is 113 Å². The average molecular weight is 267 g/mol. The van der Waals surface area contributed by atoms with Crippen molar-refractivity contribution in [3.63, 3.8) is 0 Å². The van der Waals surface area contributed by atoms with E-state index in [1.54, 1.807) is 18.3 Å². The normalized spacial score (nSPS) is 10.4. The number of carboxylic acid groups (broad SMARTS) is 1. The molecule has 0 aliphatic rings. The maximum Gasteiger partial charge on any atom is 0.356 e. The summed E-state index contributed by atoms with van der Waals surface area (Å²) >= 11 is 0. The molecule has 2 aromatic heterocycles.